The monoisotopic (exact) mass is 614 g/mol. The number of fused-ring (bicyclic) bond motifs is 6. The Morgan fingerprint density at radius 2 is 0.872 bits per heavy atom. The molecule has 1 heterocycles. The number of hydrogen-bond donors (Lipinski definition) is 0. The van der Waals surface area contributed by atoms with E-state index in [1.165, 1.54) is 0 Å². The summed E-state index contributed by atoms with van der Waals surface area (Å²) in [5.41, 5.74) is 3.05. The fraction of sp³-hybridized carbons (Fsp3) is 0.116. The summed E-state index contributed by atoms with van der Waals surface area (Å²) in [6, 6.07) is 54.5. The predicted octanol–water partition coefficient (Wildman–Crippen LogP) is 10.3. The van der Waals surface area contributed by atoms with Crippen molar-refractivity contribution in [2.75, 3.05) is 14.2 Å². The van der Waals surface area contributed by atoms with E-state index >= 15 is 0 Å². The third-order valence-corrected chi connectivity index (χ3v) is 9.41. The molecule has 1 aliphatic rings. The van der Waals surface area contributed by atoms with Gasteiger partial charge in [-0.3, -0.25) is 0 Å². The highest BCUT2D eigenvalue weighted by molar-refractivity contribution is 6.13. The molecular weight excluding hydrogens is 580 g/mol. The third kappa shape index (κ3) is 4.76. The first-order chi connectivity index (χ1) is 23.2. The van der Waals surface area contributed by atoms with Crippen LogP contribution in [0.25, 0.3) is 21.5 Å². The van der Waals surface area contributed by atoms with E-state index < -0.39 is 11.7 Å². The van der Waals surface area contributed by atoms with Gasteiger partial charge in [-0.2, -0.15) is 0 Å². The molecular formula is C43H34O4. The van der Waals surface area contributed by atoms with Crippen molar-refractivity contribution in [2.45, 2.75) is 17.6 Å². The highest BCUT2D eigenvalue weighted by atomic mass is 16.6. The van der Waals surface area contributed by atoms with Gasteiger partial charge in [-0.1, -0.05) is 133 Å². The molecule has 0 unspecified atom stereocenters. The predicted molar refractivity (Wildman–Crippen MR) is 188 cm³/mol. The molecule has 0 bridgehead atoms. The molecule has 0 spiro atoms. The SMILES string of the molecule is COc1ccc(C2(c3ccc(OC)cc3)Oc3c(c4ccccc4c4ccccc34)O[C@H](c3ccccc3)[C@H]2c2ccccc2)cc1. The van der Waals surface area contributed by atoms with Gasteiger partial charge in [0.15, 0.2) is 17.1 Å². The molecule has 0 radical (unpaired) electrons. The Morgan fingerprint density at radius 3 is 1.36 bits per heavy atom. The molecule has 2 atom stereocenters. The average molecular weight is 615 g/mol. The van der Waals surface area contributed by atoms with Gasteiger partial charge >= 0.3 is 0 Å². The zero-order valence-electron chi connectivity index (χ0n) is 26.3. The largest absolute Gasteiger partial charge is 0.497 e. The van der Waals surface area contributed by atoms with E-state index in [4.69, 9.17) is 18.9 Å². The normalized spacial score (nSPS) is 16.8. The first kappa shape index (κ1) is 28.7. The highest BCUT2D eigenvalue weighted by Crippen LogP contribution is 2.59. The number of hydrogen-bond acceptors (Lipinski definition) is 4. The lowest BCUT2D eigenvalue weighted by atomic mass is 9.69. The Morgan fingerprint density at radius 1 is 0.447 bits per heavy atom. The maximum absolute atomic E-state index is 7.80. The first-order valence-corrected chi connectivity index (χ1v) is 15.9. The summed E-state index contributed by atoms with van der Waals surface area (Å²) in [7, 11) is 3.38. The van der Waals surface area contributed by atoms with Crippen LogP contribution in [0.5, 0.6) is 23.0 Å². The number of benzene rings is 7. The van der Waals surface area contributed by atoms with Crippen LogP contribution in [0.1, 0.15) is 34.3 Å². The van der Waals surface area contributed by atoms with Crippen molar-refractivity contribution >= 4 is 21.5 Å². The van der Waals surface area contributed by atoms with E-state index in [0.29, 0.717) is 5.75 Å². The van der Waals surface area contributed by atoms with Gasteiger partial charge in [0, 0.05) is 21.9 Å². The quantitative estimate of drug-likeness (QED) is 0.175. The van der Waals surface area contributed by atoms with Gasteiger partial charge in [-0.25, -0.2) is 0 Å². The standard InChI is InChI=1S/C43H34O4/c1-44-33-25-21-31(22-26-33)43(32-23-27-34(45-2)28-24-32)39(29-13-5-3-6-14-29)40(30-15-7-4-8-16-30)46-41-37-19-11-9-17-35(37)36-18-10-12-20-38(36)42(41)47-43/h3-28,39-40H,1-2H3/t39-,40-/m1/s1. The minimum absolute atomic E-state index is 0.335. The van der Waals surface area contributed by atoms with Gasteiger partial charge in [0.25, 0.3) is 0 Å². The Hall–Kier alpha value is -5.74. The number of ether oxygens (including phenoxy) is 4. The maximum Gasteiger partial charge on any atom is 0.171 e. The van der Waals surface area contributed by atoms with E-state index in [1.54, 1.807) is 14.2 Å². The third-order valence-electron chi connectivity index (χ3n) is 9.41. The minimum atomic E-state index is -1.06. The molecule has 230 valence electrons. The molecule has 0 aliphatic carbocycles. The molecule has 0 N–H and O–H groups in total. The van der Waals surface area contributed by atoms with Crippen molar-refractivity contribution in [2.24, 2.45) is 0 Å². The molecule has 0 amide bonds. The number of methoxy groups -OCH3 is 2. The van der Waals surface area contributed by atoms with E-state index in [0.717, 1.165) is 61.0 Å². The van der Waals surface area contributed by atoms with Crippen molar-refractivity contribution < 1.29 is 18.9 Å². The van der Waals surface area contributed by atoms with Gasteiger partial charge in [0.2, 0.25) is 0 Å². The lowest BCUT2D eigenvalue weighted by Crippen LogP contribution is -2.43. The zero-order chi connectivity index (χ0) is 31.8. The van der Waals surface area contributed by atoms with Crippen LogP contribution in [0.15, 0.2) is 158 Å². The van der Waals surface area contributed by atoms with Crippen LogP contribution in [-0.2, 0) is 5.60 Å². The van der Waals surface area contributed by atoms with E-state index in [9.17, 15) is 0 Å². The second kappa shape index (κ2) is 11.9. The molecule has 0 saturated carbocycles. The van der Waals surface area contributed by atoms with Crippen LogP contribution in [0.2, 0.25) is 0 Å². The average Bonchev–Trinajstić information content (AvgIpc) is 3.32. The summed E-state index contributed by atoms with van der Waals surface area (Å²) in [6.45, 7) is 0. The maximum atomic E-state index is 7.80. The fourth-order valence-corrected chi connectivity index (χ4v) is 7.22. The van der Waals surface area contributed by atoms with Crippen LogP contribution in [0, 0.1) is 0 Å². The van der Waals surface area contributed by atoms with Crippen molar-refractivity contribution in [3.05, 3.63) is 180 Å². The Labute approximate surface area is 274 Å². The summed E-state index contributed by atoms with van der Waals surface area (Å²) < 4.78 is 26.5. The van der Waals surface area contributed by atoms with Gasteiger partial charge in [0.1, 0.15) is 17.6 Å². The lowest BCUT2D eigenvalue weighted by Gasteiger charge is -2.43. The smallest absolute Gasteiger partial charge is 0.171 e. The first-order valence-electron chi connectivity index (χ1n) is 15.9. The summed E-state index contributed by atoms with van der Waals surface area (Å²) in [5, 5.41) is 4.23. The number of rotatable bonds is 6. The molecule has 7 aromatic carbocycles. The van der Waals surface area contributed by atoms with Gasteiger partial charge in [-0.05, 0) is 46.2 Å². The molecule has 47 heavy (non-hydrogen) atoms. The molecule has 0 fully saturated rings. The Bertz CT molecular complexity index is 2110. The minimum Gasteiger partial charge on any atom is -0.497 e. The molecule has 1 aliphatic heterocycles. The lowest BCUT2D eigenvalue weighted by molar-refractivity contribution is 0.0462. The Balaban J connectivity index is 1.55. The summed E-state index contributed by atoms with van der Waals surface area (Å²) in [6.07, 6.45) is -0.436. The molecule has 7 aromatic rings. The van der Waals surface area contributed by atoms with Crippen LogP contribution in [0.4, 0.5) is 0 Å². The van der Waals surface area contributed by atoms with Gasteiger partial charge in [-0.15, -0.1) is 0 Å². The summed E-state index contributed by atoms with van der Waals surface area (Å²) in [4.78, 5) is 0. The van der Waals surface area contributed by atoms with Crippen LogP contribution in [-0.4, -0.2) is 14.2 Å². The second-order valence-corrected chi connectivity index (χ2v) is 11.9. The topological polar surface area (TPSA) is 36.9 Å². The summed E-state index contributed by atoms with van der Waals surface area (Å²) in [5.74, 6) is 2.66. The summed E-state index contributed by atoms with van der Waals surface area (Å²) >= 11 is 0. The van der Waals surface area contributed by atoms with E-state index in [-0.39, 0.29) is 5.92 Å². The highest BCUT2D eigenvalue weighted by Gasteiger charge is 2.53. The van der Waals surface area contributed by atoms with Crippen molar-refractivity contribution in [3.63, 3.8) is 0 Å². The van der Waals surface area contributed by atoms with Crippen molar-refractivity contribution in [1.29, 1.82) is 0 Å². The molecule has 0 saturated heterocycles. The van der Waals surface area contributed by atoms with E-state index in [1.807, 2.05) is 30.3 Å². The molecule has 4 nitrogen and oxygen atoms in total. The molecule has 8 rings (SSSR count). The molecule has 4 heteroatoms. The van der Waals surface area contributed by atoms with E-state index in [2.05, 4.69) is 127 Å². The van der Waals surface area contributed by atoms with Gasteiger partial charge < -0.3 is 18.9 Å². The van der Waals surface area contributed by atoms with Crippen LogP contribution < -0.4 is 18.9 Å². The fourth-order valence-electron chi connectivity index (χ4n) is 7.22. The van der Waals surface area contributed by atoms with Crippen LogP contribution >= 0.6 is 0 Å². The molecule has 0 aromatic heterocycles. The van der Waals surface area contributed by atoms with Crippen LogP contribution in [0.3, 0.4) is 0 Å². The second-order valence-electron chi connectivity index (χ2n) is 11.9. The Kier molecular flexibility index (Phi) is 7.26. The van der Waals surface area contributed by atoms with Crippen molar-refractivity contribution in [3.8, 4) is 23.0 Å². The van der Waals surface area contributed by atoms with Gasteiger partial charge in [0.05, 0.1) is 20.1 Å². The zero-order valence-corrected chi connectivity index (χ0v) is 26.3. The van der Waals surface area contributed by atoms with Crippen molar-refractivity contribution in [1.82, 2.24) is 0 Å².